The number of methoxy groups -OCH3 is 2. The van der Waals surface area contributed by atoms with Gasteiger partial charge in [0.15, 0.2) is 11.5 Å². The molecule has 2 aromatic rings. The van der Waals surface area contributed by atoms with Crippen molar-refractivity contribution in [1.29, 1.82) is 0 Å². The molecule has 31 heavy (non-hydrogen) atoms. The topological polar surface area (TPSA) is 51.2 Å². The predicted molar refractivity (Wildman–Crippen MR) is 120 cm³/mol. The Bertz CT molecular complexity index is 946. The van der Waals surface area contributed by atoms with E-state index in [0.717, 1.165) is 55.7 Å². The van der Waals surface area contributed by atoms with Crippen LogP contribution in [0.25, 0.3) is 0 Å². The zero-order valence-electron chi connectivity index (χ0n) is 18.8. The lowest BCUT2D eigenvalue weighted by Gasteiger charge is -2.59. The zero-order chi connectivity index (χ0) is 21.6. The third-order valence-corrected chi connectivity index (χ3v) is 7.92. The molecule has 5 rings (SSSR count). The van der Waals surface area contributed by atoms with Gasteiger partial charge in [0.1, 0.15) is 6.61 Å². The average Bonchev–Trinajstić information content (AvgIpc) is 2.79. The van der Waals surface area contributed by atoms with Gasteiger partial charge < -0.3 is 24.2 Å². The number of nitrogens with zero attached hydrogens (tertiary/aromatic N) is 1. The molecule has 1 saturated heterocycles. The Morgan fingerprint density at radius 1 is 1.10 bits per heavy atom. The minimum absolute atomic E-state index is 0.0565. The number of hydrogen-bond donors (Lipinski definition) is 1. The van der Waals surface area contributed by atoms with Crippen molar-refractivity contribution in [1.82, 2.24) is 4.90 Å². The SMILES string of the molecule is COc1c(OCc2ccccc2)cc2c(c1OC)[C@]13CCN(C)[C@H](C2)[C@@H]1CCC(O)C3. The molecule has 2 aliphatic carbocycles. The summed E-state index contributed by atoms with van der Waals surface area (Å²) < 4.78 is 18.1. The van der Waals surface area contributed by atoms with Gasteiger partial charge in [0.2, 0.25) is 5.75 Å². The summed E-state index contributed by atoms with van der Waals surface area (Å²) in [4.78, 5) is 2.52. The Hall–Kier alpha value is -2.24. The maximum Gasteiger partial charge on any atom is 0.203 e. The highest BCUT2D eigenvalue weighted by Gasteiger charge is 2.56. The number of aliphatic hydroxyl groups is 1. The zero-order valence-corrected chi connectivity index (χ0v) is 18.8. The fraction of sp³-hybridized carbons (Fsp3) is 0.538. The van der Waals surface area contributed by atoms with Crippen molar-refractivity contribution in [2.45, 2.75) is 56.3 Å². The van der Waals surface area contributed by atoms with Crippen molar-refractivity contribution in [2.24, 2.45) is 5.92 Å². The number of fused-ring (bicyclic) bond motifs is 1. The molecule has 0 aromatic heterocycles. The molecule has 1 saturated carbocycles. The highest BCUT2D eigenvalue weighted by molar-refractivity contribution is 5.63. The smallest absolute Gasteiger partial charge is 0.203 e. The van der Waals surface area contributed by atoms with Crippen LogP contribution < -0.4 is 14.2 Å². The third-order valence-electron chi connectivity index (χ3n) is 7.92. The van der Waals surface area contributed by atoms with Crippen LogP contribution in [0.2, 0.25) is 0 Å². The van der Waals surface area contributed by atoms with Crippen LogP contribution in [0.5, 0.6) is 17.2 Å². The molecule has 0 amide bonds. The van der Waals surface area contributed by atoms with Crippen molar-refractivity contribution >= 4 is 0 Å². The minimum atomic E-state index is -0.254. The average molecular weight is 424 g/mol. The largest absolute Gasteiger partial charge is 0.492 e. The number of aliphatic hydroxyl groups excluding tert-OH is 1. The second-order valence-corrected chi connectivity index (χ2v) is 9.45. The van der Waals surface area contributed by atoms with Crippen LogP contribution in [0, 0.1) is 5.92 Å². The van der Waals surface area contributed by atoms with Crippen LogP contribution >= 0.6 is 0 Å². The molecule has 2 bridgehead atoms. The Balaban J connectivity index is 1.62. The molecule has 2 fully saturated rings. The van der Waals surface area contributed by atoms with Crippen molar-refractivity contribution < 1.29 is 19.3 Å². The van der Waals surface area contributed by atoms with E-state index in [1.807, 2.05) is 18.2 Å². The summed E-state index contributed by atoms with van der Waals surface area (Å²) in [5, 5.41) is 10.7. The molecular weight excluding hydrogens is 390 g/mol. The number of hydrogen-bond acceptors (Lipinski definition) is 5. The molecule has 5 heteroatoms. The van der Waals surface area contributed by atoms with Gasteiger partial charge in [0, 0.05) is 17.0 Å². The van der Waals surface area contributed by atoms with Gasteiger partial charge in [-0.1, -0.05) is 30.3 Å². The second kappa shape index (κ2) is 8.03. The van der Waals surface area contributed by atoms with Crippen molar-refractivity contribution in [2.75, 3.05) is 27.8 Å². The van der Waals surface area contributed by atoms with Crippen LogP contribution in [0.1, 0.15) is 42.4 Å². The third kappa shape index (κ3) is 3.30. The molecule has 0 radical (unpaired) electrons. The van der Waals surface area contributed by atoms with E-state index >= 15 is 0 Å². The fourth-order valence-electron chi connectivity index (χ4n) is 6.56. The molecule has 1 heterocycles. The number of benzene rings is 2. The summed E-state index contributed by atoms with van der Waals surface area (Å²) >= 11 is 0. The van der Waals surface area contributed by atoms with Gasteiger partial charge in [-0.3, -0.25) is 0 Å². The summed E-state index contributed by atoms with van der Waals surface area (Å²) in [6.45, 7) is 1.53. The number of likely N-dealkylation sites (N-methyl/N-ethyl adjacent to an activating group) is 1. The molecule has 4 atom stereocenters. The summed E-state index contributed by atoms with van der Waals surface area (Å²) in [6.07, 6.45) is 4.53. The molecule has 3 aliphatic rings. The van der Waals surface area contributed by atoms with Crippen molar-refractivity contribution in [3.8, 4) is 17.2 Å². The molecule has 2 aromatic carbocycles. The quantitative estimate of drug-likeness (QED) is 0.789. The standard InChI is InChI=1S/C26H33NO4/c1-27-12-11-26-15-19(28)9-10-20(26)21(27)13-18-14-22(24(29-2)25(30-3)23(18)26)31-16-17-7-5-4-6-8-17/h4-8,14,19-21,28H,9-13,15-16H2,1-3H3/t19?,20-,21+,26-/m0/s1. The Kier molecular flexibility index (Phi) is 5.35. The molecule has 1 N–H and O–H groups in total. The van der Waals surface area contributed by atoms with Crippen LogP contribution in [-0.4, -0.2) is 50.0 Å². The van der Waals surface area contributed by atoms with Crippen molar-refractivity contribution in [3.63, 3.8) is 0 Å². The highest BCUT2D eigenvalue weighted by atomic mass is 16.5. The lowest BCUT2D eigenvalue weighted by molar-refractivity contribution is -0.0404. The van der Waals surface area contributed by atoms with E-state index in [-0.39, 0.29) is 11.5 Å². The second-order valence-electron chi connectivity index (χ2n) is 9.45. The lowest BCUT2D eigenvalue weighted by atomic mass is 9.51. The van der Waals surface area contributed by atoms with Gasteiger partial charge in [0.05, 0.1) is 20.3 Å². The highest BCUT2D eigenvalue weighted by Crippen LogP contribution is 2.60. The van der Waals surface area contributed by atoms with E-state index in [9.17, 15) is 5.11 Å². The molecule has 5 nitrogen and oxygen atoms in total. The van der Waals surface area contributed by atoms with E-state index in [2.05, 4.69) is 30.1 Å². The first-order valence-corrected chi connectivity index (χ1v) is 11.4. The molecule has 0 spiro atoms. The van der Waals surface area contributed by atoms with Gasteiger partial charge >= 0.3 is 0 Å². The maximum absolute atomic E-state index is 10.7. The molecule has 1 unspecified atom stereocenters. The van der Waals surface area contributed by atoms with E-state index in [1.54, 1.807) is 14.2 Å². The van der Waals surface area contributed by atoms with Crippen LogP contribution in [0.15, 0.2) is 36.4 Å². The van der Waals surface area contributed by atoms with E-state index in [0.29, 0.717) is 24.3 Å². The number of piperidine rings is 1. The van der Waals surface area contributed by atoms with Crippen molar-refractivity contribution in [3.05, 3.63) is 53.1 Å². The van der Waals surface area contributed by atoms with Crippen LogP contribution in [-0.2, 0) is 18.4 Å². The first-order valence-electron chi connectivity index (χ1n) is 11.4. The number of rotatable bonds is 5. The monoisotopic (exact) mass is 423 g/mol. The number of ether oxygens (including phenoxy) is 3. The van der Waals surface area contributed by atoms with Gasteiger partial charge in [-0.2, -0.15) is 0 Å². The summed E-state index contributed by atoms with van der Waals surface area (Å²) in [7, 11) is 5.66. The predicted octanol–water partition coefficient (Wildman–Crippen LogP) is 3.94. The fourth-order valence-corrected chi connectivity index (χ4v) is 6.56. The van der Waals surface area contributed by atoms with E-state index in [4.69, 9.17) is 14.2 Å². The normalized spacial score (nSPS) is 29.6. The minimum Gasteiger partial charge on any atom is -0.492 e. The van der Waals surface area contributed by atoms with Gasteiger partial charge in [-0.25, -0.2) is 0 Å². The Morgan fingerprint density at radius 2 is 1.87 bits per heavy atom. The number of likely N-dealkylation sites (tertiary alicyclic amines) is 1. The van der Waals surface area contributed by atoms with Crippen LogP contribution in [0.4, 0.5) is 0 Å². The van der Waals surface area contributed by atoms with E-state index < -0.39 is 0 Å². The lowest BCUT2D eigenvalue weighted by Crippen LogP contribution is -2.61. The van der Waals surface area contributed by atoms with Gasteiger partial charge in [-0.15, -0.1) is 0 Å². The van der Waals surface area contributed by atoms with Crippen LogP contribution in [0.3, 0.4) is 0 Å². The van der Waals surface area contributed by atoms with Gasteiger partial charge in [-0.05, 0) is 68.8 Å². The maximum atomic E-state index is 10.7. The molecule has 166 valence electrons. The summed E-state index contributed by atoms with van der Waals surface area (Å²) in [5.41, 5.74) is 3.60. The first-order chi connectivity index (χ1) is 15.1. The molecular formula is C26H33NO4. The first kappa shape index (κ1) is 20.7. The summed E-state index contributed by atoms with van der Waals surface area (Å²) in [5.74, 6) is 2.73. The molecule has 1 aliphatic heterocycles. The van der Waals surface area contributed by atoms with Gasteiger partial charge in [0.25, 0.3) is 0 Å². The Labute approximate surface area is 184 Å². The Morgan fingerprint density at radius 3 is 2.61 bits per heavy atom. The van der Waals surface area contributed by atoms with E-state index in [1.165, 1.54) is 11.1 Å². The summed E-state index contributed by atoms with van der Waals surface area (Å²) in [6, 6.07) is 12.8.